The number of phenolic OH excluding ortho intramolecular Hbond substituents is 1. The van der Waals surface area contributed by atoms with Gasteiger partial charge < -0.3 is 19.9 Å². The van der Waals surface area contributed by atoms with Gasteiger partial charge in [0.05, 0.1) is 0 Å². The summed E-state index contributed by atoms with van der Waals surface area (Å²) >= 11 is 0. The van der Waals surface area contributed by atoms with Crippen LogP contribution in [0.4, 0.5) is 0 Å². The molecule has 1 aliphatic heterocycles. The summed E-state index contributed by atoms with van der Waals surface area (Å²) in [5, 5.41) is 13.5. The van der Waals surface area contributed by atoms with Crippen LogP contribution in [-0.2, 0) is 6.54 Å². The molecule has 1 heterocycles. The summed E-state index contributed by atoms with van der Waals surface area (Å²) in [6, 6.07) is 4.00. The summed E-state index contributed by atoms with van der Waals surface area (Å²) in [6.07, 6.45) is 5.35. The largest absolute Gasteiger partial charge is 0.507 e. The molecule has 0 amide bonds. The average Bonchev–Trinajstić information content (AvgIpc) is 3.06. The molecule has 0 saturated heterocycles. The van der Waals surface area contributed by atoms with E-state index in [4.69, 9.17) is 9.47 Å². The van der Waals surface area contributed by atoms with Gasteiger partial charge in [0.2, 0.25) is 6.79 Å². The minimum atomic E-state index is 0.240. The summed E-state index contributed by atoms with van der Waals surface area (Å²) < 4.78 is 10.6. The molecule has 4 heteroatoms. The van der Waals surface area contributed by atoms with Gasteiger partial charge >= 0.3 is 0 Å². The lowest BCUT2D eigenvalue weighted by Gasteiger charge is -2.20. The molecule has 4 nitrogen and oxygen atoms in total. The van der Waals surface area contributed by atoms with Gasteiger partial charge in [-0.05, 0) is 31.7 Å². The molecule has 2 N–H and O–H groups in total. The van der Waals surface area contributed by atoms with Crippen molar-refractivity contribution >= 4 is 0 Å². The molecule has 3 rings (SSSR count). The smallest absolute Gasteiger partial charge is 0.231 e. The van der Waals surface area contributed by atoms with Gasteiger partial charge in [-0.2, -0.15) is 0 Å². The fourth-order valence-electron chi connectivity index (χ4n) is 3.01. The molecule has 1 aliphatic carbocycles. The van der Waals surface area contributed by atoms with Crippen molar-refractivity contribution in [3.05, 3.63) is 17.7 Å². The Morgan fingerprint density at radius 2 is 1.95 bits per heavy atom. The number of benzene rings is 1. The normalized spacial score (nSPS) is 19.8. The first-order valence-electron chi connectivity index (χ1n) is 7.09. The molecular weight excluding hydrogens is 242 g/mol. The van der Waals surface area contributed by atoms with E-state index in [0.29, 0.717) is 18.3 Å². The molecule has 0 spiro atoms. The fourth-order valence-corrected chi connectivity index (χ4v) is 3.01. The monoisotopic (exact) mass is 263 g/mol. The van der Waals surface area contributed by atoms with Crippen molar-refractivity contribution in [3.8, 4) is 17.2 Å². The number of nitrogens with one attached hydrogen (secondary N) is 1. The topological polar surface area (TPSA) is 50.7 Å². The van der Waals surface area contributed by atoms with Crippen LogP contribution in [-0.4, -0.2) is 17.9 Å². The number of phenols is 1. The van der Waals surface area contributed by atoms with Crippen LogP contribution in [0.2, 0.25) is 0 Å². The number of ether oxygens (including phenoxy) is 2. The molecule has 1 saturated carbocycles. The quantitative estimate of drug-likeness (QED) is 0.877. The Morgan fingerprint density at radius 1 is 1.26 bits per heavy atom. The van der Waals surface area contributed by atoms with Crippen molar-refractivity contribution in [2.24, 2.45) is 5.92 Å². The maximum Gasteiger partial charge on any atom is 0.231 e. The van der Waals surface area contributed by atoms with E-state index >= 15 is 0 Å². The van der Waals surface area contributed by atoms with E-state index in [2.05, 4.69) is 12.2 Å². The Kier molecular flexibility index (Phi) is 3.51. The van der Waals surface area contributed by atoms with E-state index in [1.165, 1.54) is 25.7 Å². The molecule has 1 aromatic carbocycles. The SMILES string of the molecule is C[C@@H](NCc1cc2c(cc1O)OCO2)C1CCCC1. The van der Waals surface area contributed by atoms with Crippen LogP contribution in [0.3, 0.4) is 0 Å². The molecular formula is C15H21NO3. The average molecular weight is 263 g/mol. The summed E-state index contributed by atoms with van der Waals surface area (Å²) in [4.78, 5) is 0. The standard InChI is InChI=1S/C15H21NO3/c1-10(11-4-2-3-5-11)16-8-12-6-14-15(7-13(12)17)19-9-18-14/h6-7,10-11,16-17H,2-5,8-9H2,1H3/t10-/m1/s1. The van der Waals surface area contributed by atoms with E-state index < -0.39 is 0 Å². The number of hydrogen-bond acceptors (Lipinski definition) is 4. The van der Waals surface area contributed by atoms with Crippen molar-refractivity contribution in [1.29, 1.82) is 0 Å². The highest BCUT2D eigenvalue weighted by molar-refractivity contribution is 5.51. The van der Waals surface area contributed by atoms with E-state index in [0.717, 1.165) is 17.2 Å². The van der Waals surface area contributed by atoms with Gasteiger partial charge in [0.15, 0.2) is 11.5 Å². The number of aromatic hydroxyl groups is 1. The van der Waals surface area contributed by atoms with Crippen molar-refractivity contribution in [1.82, 2.24) is 5.32 Å². The van der Waals surface area contributed by atoms with Crippen LogP contribution in [0.15, 0.2) is 12.1 Å². The molecule has 0 radical (unpaired) electrons. The Balaban J connectivity index is 1.63. The number of hydrogen-bond donors (Lipinski definition) is 2. The zero-order valence-electron chi connectivity index (χ0n) is 11.3. The Hall–Kier alpha value is -1.42. The summed E-state index contributed by atoms with van der Waals surface area (Å²) in [6.45, 7) is 3.14. The minimum absolute atomic E-state index is 0.240. The van der Waals surface area contributed by atoms with Gasteiger partial charge in [0.25, 0.3) is 0 Å². The highest BCUT2D eigenvalue weighted by Crippen LogP contribution is 2.37. The van der Waals surface area contributed by atoms with Gasteiger partial charge in [-0.3, -0.25) is 0 Å². The second-order valence-electron chi connectivity index (χ2n) is 5.55. The van der Waals surface area contributed by atoms with Crippen molar-refractivity contribution in [2.45, 2.75) is 45.2 Å². The summed E-state index contributed by atoms with van der Waals surface area (Å²) in [7, 11) is 0. The maximum atomic E-state index is 9.98. The van der Waals surface area contributed by atoms with E-state index in [1.807, 2.05) is 6.07 Å². The lowest BCUT2D eigenvalue weighted by molar-refractivity contribution is 0.174. The van der Waals surface area contributed by atoms with E-state index in [-0.39, 0.29) is 12.5 Å². The first kappa shape index (κ1) is 12.6. The van der Waals surface area contributed by atoms with Crippen LogP contribution in [0.5, 0.6) is 17.2 Å². The molecule has 1 aromatic rings. The summed E-state index contributed by atoms with van der Waals surface area (Å²) in [5.74, 6) is 2.40. The predicted molar refractivity (Wildman–Crippen MR) is 72.5 cm³/mol. The van der Waals surface area contributed by atoms with Crippen molar-refractivity contribution in [2.75, 3.05) is 6.79 Å². The van der Waals surface area contributed by atoms with Crippen LogP contribution < -0.4 is 14.8 Å². The van der Waals surface area contributed by atoms with Crippen LogP contribution in [0, 0.1) is 5.92 Å². The second-order valence-corrected chi connectivity index (χ2v) is 5.55. The number of rotatable bonds is 4. The van der Waals surface area contributed by atoms with Gasteiger partial charge in [-0.15, -0.1) is 0 Å². The Morgan fingerprint density at radius 3 is 2.68 bits per heavy atom. The van der Waals surface area contributed by atoms with Crippen molar-refractivity contribution in [3.63, 3.8) is 0 Å². The molecule has 2 aliphatic rings. The van der Waals surface area contributed by atoms with E-state index in [1.54, 1.807) is 6.07 Å². The fraction of sp³-hybridized carbons (Fsp3) is 0.600. The van der Waals surface area contributed by atoms with Crippen LogP contribution >= 0.6 is 0 Å². The van der Waals surface area contributed by atoms with Crippen molar-refractivity contribution < 1.29 is 14.6 Å². The molecule has 0 bridgehead atoms. The molecule has 0 aromatic heterocycles. The van der Waals surface area contributed by atoms with E-state index in [9.17, 15) is 5.11 Å². The molecule has 19 heavy (non-hydrogen) atoms. The van der Waals surface area contributed by atoms with Gasteiger partial charge in [0, 0.05) is 24.2 Å². The first-order chi connectivity index (χ1) is 9.24. The van der Waals surface area contributed by atoms with Gasteiger partial charge in [-0.1, -0.05) is 12.8 Å². The molecule has 1 atom stereocenters. The summed E-state index contributed by atoms with van der Waals surface area (Å²) in [5.41, 5.74) is 0.870. The lowest BCUT2D eigenvalue weighted by atomic mass is 9.99. The predicted octanol–water partition coefficient (Wildman–Crippen LogP) is 2.79. The second kappa shape index (κ2) is 5.29. The van der Waals surface area contributed by atoms with Gasteiger partial charge in [0.1, 0.15) is 5.75 Å². The molecule has 1 fully saturated rings. The zero-order valence-corrected chi connectivity index (χ0v) is 11.3. The third-order valence-electron chi connectivity index (χ3n) is 4.30. The number of fused-ring (bicyclic) bond motifs is 1. The van der Waals surface area contributed by atoms with Gasteiger partial charge in [-0.25, -0.2) is 0 Å². The lowest BCUT2D eigenvalue weighted by Crippen LogP contribution is -2.31. The minimum Gasteiger partial charge on any atom is -0.507 e. The Labute approximate surface area is 113 Å². The zero-order chi connectivity index (χ0) is 13.2. The Bertz CT molecular complexity index is 455. The third kappa shape index (κ3) is 2.63. The van der Waals surface area contributed by atoms with Crippen LogP contribution in [0.1, 0.15) is 38.2 Å². The highest BCUT2D eigenvalue weighted by Gasteiger charge is 2.22. The molecule has 0 unspecified atom stereocenters. The maximum absolute atomic E-state index is 9.98. The molecule has 104 valence electrons. The first-order valence-corrected chi connectivity index (χ1v) is 7.09. The van der Waals surface area contributed by atoms with Crippen LogP contribution in [0.25, 0.3) is 0 Å². The highest BCUT2D eigenvalue weighted by atomic mass is 16.7. The third-order valence-corrected chi connectivity index (χ3v) is 4.30.